The van der Waals surface area contributed by atoms with Crippen LogP contribution in [0.5, 0.6) is 0 Å². The predicted octanol–water partition coefficient (Wildman–Crippen LogP) is 2.43. The summed E-state index contributed by atoms with van der Waals surface area (Å²) < 4.78 is 12.9. The Hall–Kier alpha value is -2.76. The van der Waals surface area contributed by atoms with Crippen molar-refractivity contribution in [3.63, 3.8) is 0 Å². The minimum Gasteiger partial charge on any atom is -0.352 e. The van der Waals surface area contributed by atoms with Gasteiger partial charge in [0.1, 0.15) is 5.82 Å². The SMILES string of the molecule is O=C(NCCC(=O)N1CCC(Cc2ccccn2)C1)c1ccc(F)cc1. The summed E-state index contributed by atoms with van der Waals surface area (Å²) in [5, 5.41) is 2.70. The molecule has 136 valence electrons. The number of aromatic nitrogens is 1. The van der Waals surface area contributed by atoms with Crippen molar-refractivity contribution >= 4 is 11.8 Å². The molecule has 0 radical (unpaired) electrons. The molecule has 26 heavy (non-hydrogen) atoms. The first-order valence-electron chi connectivity index (χ1n) is 8.83. The van der Waals surface area contributed by atoms with E-state index in [2.05, 4.69) is 10.3 Å². The smallest absolute Gasteiger partial charge is 0.251 e. The normalized spacial score (nSPS) is 16.5. The van der Waals surface area contributed by atoms with Crippen LogP contribution in [0.4, 0.5) is 4.39 Å². The van der Waals surface area contributed by atoms with Gasteiger partial charge in [-0.25, -0.2) is 4.39 Å². The molecule has 1 saturated heterocycles. The Kier molecular flexibility index (Phi) is 5.94. The molecule has 0 bridgehead atoms. The van der Waals surface area contributed by atoms with Gasteiger partial charge in [-0.05, 0) is 55.2 Å². The molecular formula is C20H22FN3O2. The van der Waals surface area contributed by atoms with Crippen LogP contribution in [0.2, 0.25) is 0 Å². The lowest BCUT2D eigenvalue weighted by Crippen LogP contribution is -2.33. The fourth-order valence-electron chi connectivity index (χ4n) is 3.18. The van der Waals surface area contributed by atoms with E-state index in [4.69, 9.17) is 0 Å². The summed E-state index contributed by atoms with van der Waals surface area (Å²) in [5.41, 5.74) is 1.44. The maximum Gasteiger partial charge on any atom is 0.251 e. The molecule has 5 nitrogen and oxygen atoms in total. The van der Waals surface area contributed by atoms with Crippen LogP contribution in [0.25, 0.3) is 0 Å². The maximum absolute atomic E-state index is 12.9. The van der Waals surface area contributed by atoms with E-state index in [1.807, 2.05) is 23.1 Å². The molecule has 1 unspecified atom stereocenters. The van der Waals surface area contributed by atoms with E-state index in [1.54, 1.807) is 6.20 Å². The second-order valence-electron chi connectivity index (χ2n) is 6.53. The van der Waals surface area contributed by atoms with Crippen molar-refractivity contribution in [2.45, 2.75) is 19.3 Å². The van der Waals surface area contributed by atoms with Crippen LogP contribution in [-0.4, -0.2) is 41.3 Å². The van der Waals surface area contributed by atoms with Crippen LogP contribution in [0.15, 0.2) is 48.7 Å². The molecule has 2 amide bonds. The van der Waals surface area contributed by atoms with Crippen LogP contribution in [0.3, 0.4) is 0 Å². The topological polar surface area (TPSA) is 62.3 Å². The first-order valence-corrected chi connectivity index (χ1v) is 8.83. The first kappa shape index (κ1) is 18.0. The van der Waals surface area contributed by atoms with Gasteiger partial charge in [-0.2, -0.15) is 0 Å². The molecule has 3 rings (SSSR count). The number of rotatable bonds is 6. The zero-order valence-corrected chi connectivity index (χ0v) is 14.5. The Morgan fingerprint density at radius 2 is 2.00 bits per heavy atom. The highest BCUT2D eigenvalue weighted by Gasteiger charge is 2.26. The molecule has 1 aliphatic heterocycles. The number of nitrogens with zero attached hydrogens (tertiary/aromatic N) is 2. The summed E-state index contributed by atoms with van der Waals surface area (Å²) in [6.07, 6.45) is 3.91. The second kappa shape index (κ2) is 8.56. The standard InChI is InChI=1S/C20H22FN3O2/c21-17-6-4-16(5-7-17)20(26)23-11-8-19(25)24-12-9-15(14-24)13-18-3-1-2-10-22-18/h1-7,10,15H,8-9,11-14H2,(H,23,26). The van der Waals surface area contributed by atoms with E-state index in [-0.39, 0.29) is 30.6 Å². The fraction of sp³-hybridized carbons (Fsp3) is 0.350. The molecule has 1 aromatic heterocycles. The minimum absolute atomic E-state index is 0.0490. The average Bonchev–Trinajstić information content (AvgIpc) is 3.11. The number of nitrogens with one attached hydrogen (secondary N) is 1. The largest absolute Gasteiger partial charge is 0.352 e. The number of carbonyl (C=O) groups excluding carboxylic acids is 2. The van der Waals surface area contributed by atoms with E-state index in [0.717, 1.165) is 31.6 Å². The number of amides is 2. The van der Waals surface area contributed by atoms with Crippen LogP contribution >= 0.6 is 0 Å². The lowest BCUT2D eigenvalue weighted by molar-refractivity contribution is -0.130. The Bertz CT molecular complexity index is 749. The summed E-state index contributed by atoms with van der Waals surface area (Å²) in [4.78, 5) is 30.5. The minimum atomic E-state index is -0.383. The van der Waals surface area contributed by atoms with Crippen molar-refractivity contribution in [2.24, 2.45) is 5.92 Å². The van der Waals surface area contributed by atoms with Crippen LogP contribution in [0, 0.1) is 11.7 Å². The zero-order valence-electron chi connectivity index (χ0n) is 14.5. The number of hydrogen-bond acceptors (Lipinski definition) is 3. The fourth-order valence-corrected chi connectivity index (χ4v) is 3.18. The molecule has 0 aliphatic carbocycles. The van der Waals surface area contributed by atoms with E-state index in [0.29, 0.717) is 11.5 Å². The van der Waals surface area contributed by atoms with Gasteiger partial charge >= 0.3 is 0 Å². The molecule has 2 heterocycles. The molecule has 1 N–H and O–H groups in total. The molecule has 2 aromatic rings. The van der Waals surface area contributed by atoms with Gasteiger partial charge in [0, 0.05) is 43.5 Å². The Morgan fingerprint density at radius 3 is 2.73 bits per heavy atom. The van der Waals surface area contributed by atoms with Crippen molar-refractivity contribution < 1.29 is 14.0 Å². The third-order valence-electron chi connectivity index (χ3n) is 4.59. The van der Waals surface area contributed by atoms with Crippen LogP contribution in [-0.2, 0) is 11.2 Å². The zero-order chi connectivity index (χ0) is 18.4. The molecule has 0 saturated carbocycles. The summed E-state index contributed by atoms with van der Waals surface area (Å²) in [7, 11) is 0. The molecule has 1 fully saturated rings. The summed E-state index contributed by atoms with van der Waals surface area (Å²) in [6, 6.07) is 11.2. The van der Waals surface area contributed by atoms with Crippen LogP contribution in [0.1, 0.15) is 28.9 Å². The number of likely N-dealkylation sites (tertiary alicyclic amines) is 1. The lowest BCUT2D eigenvalue weighted by Gasteiger charge is -2.16. The lowest BCUT2D eigenvalue weighted by atomic mass is 10.0. The summed E-state index contributed by atoms with van der Waals surface area (Å²) in [6.45, 7) is 1.76. The van der Waals surface area contributed by atoms with Gasteiger partial charge in [0.2, 0.25) is 5.91 Å². The van der Waals surface area contributed by atoms with Crippen molar-refractivity contribution in [1.29, 1.82) is 0 Å². The van der Waals surface area contributed by atoms with Gasteiger partial charge in [0.15, 0.2) is 0 Å². The number of pyridine rings is 1. The number of hydrogen-bond donors (Lipinski definition) is 1. The van der Waals surface area contributed by atoms with Crippen molar-refractivity contribution in [2.75, 3.05) is 19.6 Å². The van der Waals surface area contributed by atoms with Gasteiger partial charge in [-0.3, -0.25) is 14.6 Å². The molecule has 1 aliphatic rings. The maximum atomic E-state index is 12.9. The predicted molar refractivity (Wildman–Crippen MR) is 96.0 cm³/mol. The molecule has 1 atom stereocenters. The van der Waals surface area contributed by atoms with Crippen molar-refractivity contribution in [3.05, 3.63) is 65.7 Å². The highest BCUT2D eigenvalue weighted by Crippen LogP contribution is 2.20. The van der Waals surface area contributed by atoms with E-state index < -0.39 is 0 Å². The average molecular weight is 355 g/mol. The third kappa shape index (κ3) is 4.88. The van der Waals surface area contributed by atoms with E-state index in [1.165, 1.54) is 24.3 Å². The van der Waals surface area contributed by atoms with Gasteiger partial charge in [0.05, 0.1) is 0 Å². The van der Waals surface area contributed by atoms with Gasteiger partial charge in [-0.1, -0.05) is 6.07 Å². The monoisotopic (exact) mass is 355 g/mol. The van der Waals surface area contributed by atoms with Gasteiger partial charge in [-0.15, -0.1) is 0 Å². The molecule has 1 aromatic carbocycles. The quantitative estimate of drug-likeness (QED) is 0.866. The summed E-state index contributed by atoms with van der Waals surface area (Å²) in [5.74, 6) is -0.200. The number of halogens is 1. The molecule has 0 spiro atoms. The number of carbonyl (C=O) groups is 2. The highest BCUT2D eigenvalue weighted by atomic mass is 19.1. The van der Waals surface area contributed by atoms with Gasteiger partial charge < -0.3 is 10.2 Å². The van der Waals surface area contributed by atoms with Gasteiger partial charge in [0.25, 0.3) is 5.91 Å². The van der Waals surface area contributed by atoms with Crippen molar-refractivity contribution in [3.8, 4) is 0 Å². The first-order chi connectivity index (χ1) is 12.6. The summed E-state index contributed by atoms with van der Waals surface area (Å²) >= 11 is 0. The van der Waals surface area contributed by atoms with Crippen LogP contribution < -0.4 is 5.32 Å². The highest BCUT2D eigenvalue weighted by molar-refractivity contribution is 5.94. The number of benzene rings is 1. The Labute approximate surface area is 152 Å². The molecule has 6 heteroatoms. The Balaban J connectivity index is 1.40. The van der Waals surface area contributed by atoms with E-state index in [9.17, 15) is 14.0 Å². The van der Waals surface area contributed by atoms with E-state index >= 15 is 0 Å². The second-order valence-corrected chi connectivity index (χ2v) is 6.53. The van der Waals surface area contributed by atoms with Crippen molar-refractivity contribution in [1.82, 2.24) is 15.2 Å². The molecular weight excluding hydrogens is 333 g/mol. The third-order valence-corrected chi connectivity index (χ3v) is 4.59. The Morgan fingerprint density at radius 1 is 1.19 bits per heavy atom.